The Morgan fingerprint density at radius 2 is 2.38 bits per heavy atom. The second-order valence-corrected chi connectivity index (χ2v) is 3.88. The van der Waals surface area contributed by atoms with Crippen molar-refractivity contribution in [2.24, 2.45) is 0 Å². The molecule has 1 aromatic rings. The van der Waals surface area contributed by atoms with E-state index in [0.29, 0.717) is 5.69 Å². The van der Waals surface area contributed by atoms with E-state index >= 15 is 0 Å². The number of carbonyl (C=O) groups is 1. The fourth-order valence-electron chi connectivity index (χ4n) is 0.753. The number of hydrogen-bond acceptors (Lipinski definition) is 1. The Labute approximate surface area is 92.5 Å². The molecule has 0 aromatic carbocycles. The summed E-state index contributed by atoms with van der Waals surface area (Å²) >= 11 is 6.48. The number of aromatic amines is 1. The number of hydrogen-bond donors (Lipinski definition) is 2. The summed E-state index contributed by atoms with van der Waals surface area (Å²) in [5.74, 6) is 2.10. The first-order chi connectivity index (χ1) is 6.15. The van der Waals surface area contributed by atoms with E-state index in [2.05, 4.69) is 48.1 Å². The minimum atomic E-state index is -0.218. The lowest BCUT2D eigenvalue weighted by atomic mass is 10.4. The van der Waals surface area contributed by atoms with Crippen molar-refractivity contribution in [3.8, 4) is 12.3 Å². The Bertz CT molecular complexity index is 345. The van der Waals surface area contributed by atoms with Gasteiger partial charge in [-0.15, -0.1) is 6.42 Å². The standard InChI is InChI=1S/C8H6Br2N2O/c1-2-3-11-8(13)6-4-5(9)7(10)12-6/h1,4,12H,3H2,(H,11,13). The van der Waals surface area contributed by atoms with Gasteiger partial charge in [0.2, 0.25) is 0 Å². The third-order valence-corrected chi connectivity index (χ3v) is 3.10. The summed E-state index contributed by atoms with van der Waals surface area (Å²) < 4.78 is 1.54. The summed E-state index contributed by atoms with van der Waals surface area (Å²) in [4.78, 5) is 14.1. The molecule has 2 N–H and O–H groups in total. The van der Waals surface area contributed by atoms with Crippen LogP contribution in [-0.4, -0.2) is 17.4 Å². The lowest BCUT2D eigenvalue weighted by Gasteiger charge is -1.96. The van der Waals surface area contributed by atoms with Crippen molar-refractivity contribution in [2.75, 3.05) is 6.54 Å². The summed E-state index contributed by atoms with van der Waals surface area (Å²) in [6.45, 7) is 0.229. The molecule has 1 aromatic heterocycles. The first-order valence-electron chi connectivity index (χ1n) is 3.41. The van der Waals surface area contributed by atoms with Crippen LogP contribution in [0.3, 0.4) is 0 Å². The summed E-state index contributed by atoms with van der Waals surface area (Å²) in [7, 11) is 0. The fourth-order valence-corrected chi connectivity index (χ4v) is 1.41. The maximum absolute atomic E-state index is 11.3. The molecule has 13 heavy (non-hydrogen) atoms. The van der Waals surface area contributed by atoms with Crippen LogP contribution in [0.5, 0.6) is 0 Å². The lowest BCUT2D eigenvalue weighted by Crippen LogP contribution is -2.23. The van der Waals surface area contributed by atoms with Crippen LogP contribution in [0.1, 0.15) is 10.5 Å². The fraction of sp³-hybridized carbons (Fsp3) is 0.125. The Hall–Kier alpha value is -0.730. The SMILES string of the molecule is C#CCNC(=O)c1cc(Br)c(Br)[nH]1. The number of terminal acetylenes is 1. The van der Waals surface area contributed by atoms with Gasteiger partial charge in [0.25, 0.3) is 5.91 Å². The average molecular weight is 306 g/mol. The van der Waals surface area contributed by atoms with Gasteiger partial charge in [0, 0.05) is 0 Å². The monoisotopic (exact) mass is 304 g/mol. The molecular formula is C8H6Br2N2O. The number of H-pyrrole nitrogens is 1. The zero-order valence-electron chi connectivity index (χ0n) is 6.53. The van der Waals surface area contributed by atoms with Crippen LogP contribution in [-0.2, 0) is 0 Å². The van der Waals surface area contributed by atoms with Gasteiger partial charge in [-0.05, 0) is 37.9 Å². The van der Waals surface area contributed by atoms with Gasteiger partial charge in [0.05, 0.1) is 15.6 Å². The molecule has 0 spiro atoms. The van der Waals surface area contributed by atoms with E-state index < -0.39 is 0 Å². The van der Waals surface area contributed by atoms with E-state index in [1.807, 2.05) is 0 Å². The van der Waals surface area contributed by atoms with E-state index in [4.69, 9.17) is 6.42 Å². The van der Waals surface area contributed by atoms with Crippen molar-refractivity contribution in [2.45, 2.75) is 0 Å². The first kappa shape index (κ1) is 10.4. The Morgan fingerprint density at radius 1 is 1.69 bits per heavy atom. The molecule has 0 saturated carbocycles. The molecule has 0 aliphatic rings. The number of halogens is 2. The highest BCUT2D eigenvalue weighted by atomic mass is 79.9. The van der Waals surface area contributed by atoms with Gasteiger partial charge in [-0.25, -0.2) is 0 Å². The molecule has 0 atom stereocenters. The highest BCUT2D eigenvalue weighted by molar-refractivity contribution is 9.13. The van der Waals surface area contributed by atoms with Crippen LogP contribution >= 0.6 is 31.9 Å². The van der Waals surface area contributed by atoms with Crippen molar-refractivity contribution < 1.29 is 4.79 Å². The predicted octanol–water partition coefficient (Wildman–Crippen LogP) is 1.90. The molecule has 3 nitrogen and oxygen atoms in total. The van der Waals surface area contributed by atoms with Crippen LogP contribution in [0.25, 0.3) is 0 Å². The first-order valence-corrected chi connectivity index (χ1v) is 4.99. The molecule has 1 amide bonds. The maximum atomic E-state index is 11.3. The van der Waals surface area contributed by atoms with Crippen molar-refractivity contribution in [3.63, 3.8) is 0 Å². The Morgan fingerprint density at radius 3 is 2.85 bits per heavy atom. The summed E-state index contributed by atoms with van der Waals surface area (Å²) in [5.41, 5.74) is 0.467. The highest BCUT2D eigenvalue weighted by Gasteiger charge is 2.09. The van der Waals surface area contributed by atoms with Crippen molar-refractivity contribution >= 4 is 37.8 Å². The van der Waals surface area contributed by atoms with Gasteiger partial charge in [-0.1, -0.05) is 5.92 Å². The van der Waals surface area contributed by atoms with Gasteiger partial charge in [-0.2, -0.15) is 0 Å². The normalized spacial score (nSPS) is 9.31. The topological polar surface area (TPSA) is 44.9 Å². The van der Waals surface area contributed by atoms with Gasteiger partial charge in [0.1, 0.15) is 5.69 Å². The molecular weight excluding hydrogens is 300 g/mol. The molecule has 0 aliphatic carbocycles. The second kappa shape index (κ2) is 4.49. The minimum absolute atomic E-state index is 0.218. The van der Waals surface area contributed by atoms with Gasteiger partial charge >= 0.3 is 0 Å². The molecule has 0 aliphatic heterocycles. The van der Waals surface area contributed by atoms with Crippen LogP contribution in [0, 0.1) is 12.3 Å². The van der Waals surface area contributed by atoms with Gasteiger partial charge in [-0.3, -0.25) is 4.79 Å². The predicted molar refractivity (Wildman–Crippen MR) is 57.4 cm³/mol. The molecule has 0 unspecified atom stereocenters. The molecule has 0 fully saturated rings. The molecule has 68 valence electrons. The minimum Gasteiger partial charge on any atom is -0.344 e. The molecule has 1 rings (SSSR count). The molecule has 5 heteroatoms. The van der Waals surface area contributed by atoms with E-state index in [9.17, 15) is 4.79 Å². The number of aromatic nitrogens is 1. The van der Waals surface area contributed by atoms with E-state index in [1.54, 1.807) is 6.07 Å². The average Bonchev–Trinajstić information content (AvgIpc) is 2.43. The largest absolute Gasteiger partial charge is 0.344 e. The Balaban J connectivity index is 2.73. The highest BCUT2D eigenvalue weighted by Crippen LogP contribution is 2.22. The van der Waals surface area contributed by atoms with Crippen molar-refractivity contribution in [1.82, 2.24) is 10.3 Å². The zero-order chi connectivity index (χ0) is 9.84. The quantitative estimate of drug-likeness (QED) is 0.806. The summed E-state index contributed by atoms with van der Waals surface area (Å²) in [6, 6.07) is 1.68. The van der Waals surface area contributed by atoms with E-state index in [-0.39, 0.29) is 12.5 Å². The van der Waals surface area contributed by atoms with Crippen LogP contribution in [0.2, 0.25) is 0 Å². The molecule has 0 saturated heterocycles. The number of rotatable bonds is 2. The van der Waals surface area contributed by atoms with E-state index in [1.165, 1.54) is 0 Å². The van der Waals surface area contributed by atoms with Gasteiger partial charge < -0.3 is 10.3 Å². The third-order valence-electron chi connectivity index (χ3n) is 1.32. The third kappa shape index (κ3) is 2.61. The molecule has 0 radical (unpaired) electrons. The van der Waals surface area contributed by atoms with Gasteiger partial charge in [0.15, 0.2) is 0 Å². The molecule has 1 heterocycles. The number of amides is 1. The Kier molecular flexibility index (Phi) is 3.58. The van der Waals surface area contributed by atoms with E-state index in [0.717, 1.165) is 9.08 Å². The summed E-state index contributed by atoms with van der Waals surface area (Å²) in [6.07, 6.45) is 5.00. The zero-order valence-corrected chi connectivity index (χ0v) is 9.70. The maximum Gasteiger partial charge on any atom is 0.268 e. The van der Waals surface area contributed by atoms with Crippen molar-refractivity contribution in [3.05, 3.63) is 20.8 Å². The second-order valence-electron chi connectivity index (χ2n) is 2.23. The van der Waals surface area contributed by atoms with Crippen molar-refractivity contribution in [1.29, 1.82) is 0 Å². The molecule has 0 bridgehead atoms. The lowest BCUT2D eigenvalue weighted by molar-refractivity contribution is 0.0954. The van der Waals surface area contributed by atoms with Crippen LogP contribution < -0.4 is 5.32 Å². The number of carbonyl (C=O) groups excluding carboxylic acids is 1. The van der Waals surface area contributed by atoms with Crippen LogP contribution in [0.4, 0.5) is 0 Å². The van der Waals surface area contributed by atoms with Crippen LogP contribution in [0.15, 0.2) is 15.1 Å². The number of nitrogens with one attached hydrogen (secondary N) is 2. The summed E-state index contributed by atoms with van der Waals surface area (Å²) in [5, 5.41) is 2.54. The smallest absolute Gasteiger partial charge is 0.268 e.